The highest BCUT2D eigenvalue weighted by Crippen LogP contribution is 2.32. The second kappa shape index (κ2) is 7.41. The number of piperidine rings is 1. The maximum Gasteiger partial charge on any atom is 0.244 e. The Bertz CT molecular complexity index is 840. The van der Waals surface area contributed by atoms with E-state index in [-0.39, 0.29) is 12.0 Å². The van der Waals surface area contributed by atoms with E-state index in [0.29, 0.717) is 5.89 Å². The molecule has 3 aromatic rings. The number of hydrogen-bond acceptors (Lipinski definition) is 6. The Morgan fingerprint density at radius 3 is 2.77 bits per heavy atom. The zero-order chi connectivity index (χ0) is 17.9. The van der Waals surface area contributed by atoms with Gasteiger partial charge >= 0.3 is 0 Å². The minimum Gasteiger partial charge on any atom is -0.444 e. The van der Waals surface area contributed by atoms with Gasteiger partial charge in [-0.05, 0) is 31.5 Å². The Morgan fingerprint density at radius 2 is 2.00 bits per heavy atom. The van der Waals surface area contributed by atoms with Crippen LogP contribution in [0.1, 0.15) is 62.5 Å². The highest BCUT2D eigenvalue weighted by molar-refractivity contribution is 5.52. The molecule has 3 heterocycles. The normalized spacial score (nSPS) is 18.5. The van der Waals surface area contributed by atoms with Crippen LogP contribution in [0, 0.1) is 0 Å². The molecule has 1 aliphatic rings. The number of rotatable bonds is 5. The van der Waals surface area contributed by atoms with Gasteiger partial charge in [-0.15, -0.1) is 0 Å². The highest BCUT2D eigenvalue weighted by Gasteiger charge is 2.29. The minimum atomic E-state index is 0.153. The quantitative estimate of drug-likeness (QED) is 0.670. The summed E-state index contributed by atoms with van der Waals surface area (Å²) >= 11 is 0. The Balaban J connectivity index is 1.51. The van der Waals surface area contributed by atoms with E-state index >= 15 is 0 Å². The number of benzene rings is 1. The van der Waals surface area contributed by atoms with Gasteiger partial charge in [-0.3, -0.25) is 4.90 Å². The van der Waals surface area contributed by atoms with E-state index in [1.807, 2.05) is 30.3 Å². The predicted molar refractivity (Wildman–Crippen MR) is 97.3 cm³/mol. The molecule has 0 N–H and O–H groups in total. The first-order valence-corrected chi connectivity index (χ1v) is 9.28. The van der Waals surface area contributed by atoms with Crippen molar-refractivity contribution in [2.24, 2.45) is 0 Å². The summed E-state index contributed by atoms with van der Waals surface area (Å²) in [7, 11) is 0. The molecule has 0 unspecified atom stereocenters. The third-order valence-corrected chi connectivity index (χ3v) is 4.81. The fourth-order valence-electron chi connectivity index (χ4n) is 3.38. The zero-order valence-electron chi connectivity index (χ0n) is 15.3. The van der Waals surface area contributed by atoms with Gasteiger partial charge in [0.1, 0.15) is 6.26 Å². The lowest BCUT2D eigenvalue weighted by Crippen LogP contribution is -2.33. The van der Waals surface area contributed by atoms with Gasteiger partial charge in [0.15, 0.2) is 5.82 Å². The van der Waals surface area contributed by atoms with Crippen molar-refractivity contribution in [3.63, 3.8) is 0 Å². The van der Waals surface area contributed by atoms with Crippen LogP contribution in [-0.4, -0.2) is 26.6 Å². The Morgan fingerprint density at radius 1 is 1.15 bits per heavy atom. The zero-order valence-corrected chi connectivity index (χ0v) is 15.3. The van der Waals surface area contributed by atoms with Crippen LogP contribution in [0.4, 0.5) is 0 Å². The molecule has 2 aromatic heterocycles. The van der Waals surface area contributed by atoms with E-state index in [0.717, 1.165) is 42.5 Å². The average Bonchev–Trinajstić information content (AvgIpc) is 3.33. The third-order valence-electron chi connectivity index (χ3n) is 4.81. The van der Waals surface area contributed by atoms with Gasteiger partial charge in [0.2, 0.25) is 11.8 Å². The maximum atomic E-state index is 5.68. The Kier molecular flexibility index (Phi) is 4.84. The van der Waals surface area contributed by atoms with Crippen LogP contribution in [0.25, 0.3) is 11.5 Å². The lowest BCUT2D eigenvalue weighted by atomic mass is 10.0. The molecule has 0 spiro atoms. The molecular formula is C20H24N4O2. The molecule has 26 heavy (non-hydrogen) atoms. The Labute approximate surface area is 153 Å². The SMILES string of the molecule is CC(C)c1noc([C@@H]2CCCCN2Cc2coc(-c3ccccc3)n2)n1. The van der Waals surface area contributed by atoms with Gasteiger partial charge in [-0.2, -0.15) is 4.98 Å². The van der Waals surface area contributed by atoms with Gasteiger partial charge < -0.3 is 8.94 Å². The first kappa shape index (κ1) is 17.0. The molecule has 0 amide bonds. The molecule has 6 heteroatoms. The average molecular weight is 352 g/mol. The summed E-state index contributed by atoms with van der Waals surface area (Å²) in [6, 6.07) is 10.1. The van der Waals surface area contributed by atoms with E-state index in [1.165, 1.54) is 12.8 Å². The van der Waals surface area contributed by atoms with Crippen molar-refractivity contribution in [1.82, 2.24) is 20.0 Å². The third kappa shape index (κ3) is 3.55. The van der Waals surface area contributed by atoms with Crippen LogP contribution in [0.15, 0.2) is 45.5 Å². The van der Waals surface area contributed by atoms with Gasteiger partial charge in [-0.1, -0.05) is 43.6 Å². The summed E-state index contributed by atoms with van der Waals surface area (Å²) in [5.41, 5.74) is 1.92. The van der Waals surface area contributed by atoms with Gasteiger partial charge in [-0.25, -0.2) is 4.98 Å². The number of aromatic nitrogens is 3. The molecule has 136 valence electrons. The highest BCUT2D eigenvalue weighted by atomic mass is 16.5. The van der Waals surface area contributed by atoms with Crippen molar-refractivity contribution in [2.75, 3.05) is 6.54 Å². The van der Waals surface area contributed by atoms with Crippen molar-refractivity contribution in [2.45, 2.75) is 51.6 Å². The first-order chi connectivity index (χ1) is 12.7. The molecule has 0 aliphatic carbocycles. The van der Waals surface area contributed by atoms with E-state index < -0.39 is 0 Å². The Hall–Kier alpha value is -2.47. The summed E-state index contributed by atoms with van der Waals surface area (Å²) in [6.07, 6.45) is 5.13. The molecule has 0 bridgehead atoms. The molecule has 0 saturated carbocycles. The molecule has 4 rings (SSSR count). The molecule has 1 saturated heterocycles. The van der Waals surface area contributed by atoms with E-state index in [4.69, 9.17) is 8.94 Å². The maximum absolute atomic E-state index is 5.68. The topological polar surface area (TPSA) is 68.2 Å². The van der Waals surface area contributed by atoms with E-state index in [9.17, 15) is 0 Å². The van der Waals surface area contributed by atoms with E-state index in [2.05, 4.69) is 33.9 Å². The predicted octanol–water partition coefficient (Wildman–Crippen LogP) is 4.58. The standard InChI is InChI=1S/C20H24N4O2/c1-14(2)18-22-20(26-23-18)17-10-6-7-11-24(17)12-16-13-25-19(21-16)15-8-4-3-5-9-15/h3-5,8-9,13-14,17H,6-7,10-12H2,1-2H3/t17-/m0/s1. The van der Waals surface area contributed by atoms with Crippen LogP contribution >= 0.6 is 0 Å². The van der Waals surface area contributed by atoms with Crippen LogP contribution < -0.4 is 0 Å². The van der Waals surface area contributed by atoms with Crippen LogP contribution in [0.5, 0.6) is 0 Å². The molecule has 1 atom stereocenters. The summed E-state index contributed by atoms with van der Waals surface area (Å²) in [5.74, 6) is 2.43. The second-order valence-electron chi connectivity index (χ2n) is 7.14. The van der Waals surface area contributed by atoms with Crippen molar-refractivity contribution in [3.05, 3.63) is 54.0 Å². The monoisotopic (exact) mass is 352 g/mol. The largest absolute Gasteiger partial charge is 0.444 e. The van der Waals surface area contributed by atoms with E-state index in [1.54, 1.807) is 6.26 Å². The number of oxazole rings is 1. The number of likely N-dealkylation sites (tertiary alicyclic amines) is 1. The van der Waals surface area contributed by atoms with Gasteiger partial charge in [0.05, 0.1) is 11.7 Å². The first-order valence-electron chi connectivity index (χ1n) is 9.28. The summed E-state index contributed by atoms with van der Waals surface area (Å²) < 4.78 is 11.2. The van der Waals surface area contributed by atoms with Crippen molar-refractivity contribution < 1.29 is 8.94 Å². The molecular weight excluding hydrogens is 328 g/mol. The van der Waals surface area contributed by atoms with Gasteiger partial charge in [0, 0.05) is 18.0 Å². The number of nitrogens with zero attached hydrogens (tertiary/aromatic N) is 4. The lowest BCUT2D eigenvalue weighted by Gasteiger charge is -2.32. The molecule has 1 aromatic carbocycles. The van der Waals surface area contributed by atoms with Crippen LogP contribution in [-0.2, 0) is 6.54 Å². The van der Waals surface area contributed by atoms with Crippen molar-refractivity contribution in [1.29, 1.82) is 0 Å². The summed E-state index contributed by atoms with van der Waals surface area (Å²) in [6.45, 7) is 5.87. The summed E-state index contributed by atoms with van der Waals surface area (Å²) in [4.78, 5) is 11.6. The fraction of sp³-hybridized carbons (Fsp3) is 0.450. The minimum absolute atomic E-state index is 0.153. The molecule has 1 aliphatic heterocycles. The van der Waals surface area contributed by atoms with Crippen LogP contribution in [0.2, 0.25) is 0 Å². The fourth-order valence-corrected chi connectivity index (χ4v) is 3.38. The summed E-state index contributed by atoms with van der Waals surface area (Å²) in [5, 5.41) is 4.13. The molecule has 1 fully saturated rings. The number of hydrogen-bond donors (Lipinski definition) is 0. The molecule has 0 radical (unpaired) electrons. The second-order valence-corrected chi connectivity index (χ2v) is 7.14. The lowest BCUT2D eigenvalue weighted by molar-refractivity contribution is 0.110. The van der Waals surface area contributed by atoms with Crippen molar-refractivity contribution >= 4 is 0 Å². The van der Waals surface area contributed by atoms with Crippen molar-refractivity contribution in [3.8, 4) is 11.5 Å². The van der Waals surface area contributed by atoms with Crippen LogP contribution in [0.3, 0.4) is 0 Å². The molecule has 6 nitrogen and oxygen atoms in total. The van der Waals surface area contributed by atoms with Gasteiger partial charge in [0.25, 0.3) is 0 Å². The smallest absolute Gasteiger partial charge is 0.244 e.